The highest BCUT2D eigenvalue weighted by molar-refractivity contribution is 7.08. The van der Waals surface area contributed by atoms with Gasteiger partial charge in [-0.05, 0) is 41.7 Å². The molecule has 0 bridgehead atoms. The van der Waals surface area contributed by atoms with Gasteiger partial charge in [-0.3, -0.25) is 4.79 Å². The zero-order valence-electron chi connectivity index (χ0n) is 10.7. The third-order valence-corrected chi connectivity index (χ3v) is 3.40. The van der Waals surface area contributed by atoms with Crippen molar-refractivity contribution in [3.05, 3.63) is 22.4 Å². The van der Waals surface area contributed by atoms with E-state index in [1.54, 1.807) is 18.3 Å². The molecule has 0 saturated carbocycles. The first-order chi connectivity index (χ1) is 7.92. The summed E-state index contributed by atoms with van der Waals surface area (Å²) in [5.74, 6) is 0.535. The average Bonchev–Trinajstić information content (AvgIpc) is 2.77. The maximum atomic E-state index is 11.5. The van der Waals surface area contributed by atoms with Crippen LogP contribution < -0.4 is 5.32 Å². The standard InChI is InChI=1S/C13H21NO2S/c1-10(2)4-5-12(15)14-9-13(3,16)11-6-7-17-8-11/h6-8,10,16H,4-5,9H2,1-3H3,(H,14,15). The summed E-state index contributed by atoms with van der Waals surface area (Å²) in [6.07, 6.45) is 1.41. The fraction of sp³-hybridized carbons (Fsp3) is 0.615. The lowest BCUT2D eigenvalue weighted by Gasteiger charge is -2.22. The van der Waals surface area contributed by atoms with Crippen molar-refractivity contribution in [2.24, 2.45) is 5.92 Å². The first kappa shape index (κ1) is 14.2. The number of carbonyl (C=O) groups is 1. The molecule has 1 aromatic heterocycles. The maximum absolute atomic E-state index is 11.5. The van der Waals surface area contributed by atoms with E-state index in [0.29, 0.717) is 12.3 Å². The van der Waals surface area contributed by atoms with E-state index in [1.165, 1.54) is 0 Å². The van der Waals surface area contributed by atoms with Crippen molar-refractivity contribution in [1.82, 2.24) is 5.32 Å². The lowest BCUT2D eigenvalue weighted by Crippen LogP contribution is -2.38. The van der Waals surface area contributed by atoms with Crippen LogP contribution in [0.15, 0.2) is 16.8 Å². The van der Waals surface area contributed by atoms with E-state index in [9.17, 15) is 9.90 Å². The second kappa shape index (κ2) is 6.17. The van der Waals surface area contributed by atoms with E-state index < -0.39 is 5.60 Å². The molecule has 1 atom stereocenters. The number of aliphatic hydroxyl groups is 1. The molecule has 2 N–H and O–H groups in total. The fourth-order valence-electron chi connectivity index (χ4n) is 1.45. The molecule has 0 aromatic carbocycles. The van der Waals surface area contributed by atoms with E-state index >= 15 is 0 Å². The van der Waals surface area contributed by atoms with Gasteiger partial charge in [0.05, 0.1) is 6.54 Å². The zero-order valence-corrected chi connectivity index (χ0v) is 11.5. The fourth-order valence-corrected chi connectivity index (χ4v) is 2.23. The van der Waals surface area contributed by atoms with Gasteiger partial charge in [0.15, 0.2) is 0 Å². The third-order valence-electron chi connectivity index (χ3n) is 2.72. The van der Waals surface area contributed by atoms with E-state index in [2.05, 4.69) is 19.2 Å². The summed E-state index contributed by atoms with van der Waals surface area (Å²) in [5, 5.41) is 16.8. The van der Waals surface area contributed by atoms with Gasteiger partial charge in [-0.2, -0.15) is 11.3 Å². The molecule has 0 aliphatic heterocycles. The summed E-state index contributed by atoms with van der Waals surface area (Å²) in [6.45, 7) is 6.17. The minimum Gasteiger partial charge on any atom is -0.384 e. The number of amides is 1. The monoisotopic (exact) mass is 255 g/mol. The normalized spacial score (nSPS) is 14.6. The molecule has 4 heteroatoms. The van der Waals surface area contributed by atoms with E-state index in [1.807, 2.05) is 16.8 Å². The van der Waals surface area contributed by atoms with Crippen LogP contribution in [0.25, 0.3) is 0 Å². The number of hydrogen-bond donors (Lipinski definition) is 2. The van der Waals surface area contributed by atoms with Crippen LogP contribution in [0.3, 0.4) is 0 Å². The van der Waals surface area contributed by atoms with Gasteiger partial charge in [0.25, 0.3) is 0 Å². The summed E-state index contributed by atoms with van der Waals surface area (Å²) in [5.41, 5.74) is -0.125. The van der Waals surface area contributed by atoms with Crippen LogP contribution in [0.1, 0.15) is 39.2 Å². The van der Waals surface area contributed by atoms with Gasteiger partial charge in [0.1, 0.15) is 5.60 Å². The molecule has 1 rings (SSSR count). The molecule has 1 aromatic rings. The highest BCUT2D eigenvalue weighted by Crippen LogP contribution is 2.22. The number of hydrogen-bond acceptors (Lipinski definition) is 3. The minimum atomic E-state index is -0.979. The van der Waals surface area contributed by atoms with Crippen LogP contribution in [0.4, 0.5) is 0 Å². The Morgan fingerprint density at radius 2 is 2.29 bits per heavy atom. The zero-order chi connectivity index (χ0) is 12.9. The van der Waals surface area contributed by atoms with Crippen LogP contribution in [-0.2, 0) is 10.4 Å². The third kappa shape index (κ3) is 4.88. The van der Waals surface area contributed by atoms with Crippen LogP contribution >= 0.6 is 11.3 Å². The van der Waals surface area contributed by atoms with Gasteiger partial charge in [-0.25, -0.2) is 0 Å². The molecule has 0 spiro atoms. The maximum Gasteiger partial charge on any atom is 0.220 e. The Bertz CT molecular complexity index is 344. The van der Waals surface area contributed by atoms with Crippen molar-refractivity contribution in [3.63, 3.8) is 0 Å². The molecule has 96 valence electrons. The van der Waals surface area contributed by atoms with Crippen molar-refractivity contribution in [2.75, 3.05) is 6.54 Å². The summed E-state index contributed by atoms with van der Waals surface area (Å²) in [6, 6.07) is 1.88. The molecule has 0 saturated heterocycles. The van der Waals surface area contributed by atoms with Gasteiger partial charge in [0, 0.05) is 6.42 Å². The van der Waals surface area contributed by atoms with Gasteiger partial charge in [0.2, 0.25) is 5.91 Å². The van der Waals surface area contributed by atoms with Gasteiger partial charge < -0.3 is 10.4 Å². The molecule has 0 aliphatic carbocycles. The van der Waals surface area contributed by atoms with Crippen molar-refractivity contribution in [3.8, 4) is 0 Å². The van der Waals surface area contributed by atoms with Crippen molar-refractivity contribution < 1.29 is 9.90 Å². The molecule has 0 radical (unpaired) electrons. The molecule has 0 aliphatic rings. The van der Waals surface area contributed by atoms with Crippen molar-refractivity contribution in [2.45, 2.75) is 39.2 Å². The smallest absolute Gasteiger partial charge is 0.220 e. The Hall–Kier alpha value is -0.870. The first-order valence-corrected chi connectivity index (χ1v) is 6.88. The van der Waals surface area contributed by atoms with Crippen LogP contribution in [-0.4, -0.2) is 17.6 Å². The lowest BCUT2D eigenvalue weighted by atomic mass is 9.99. The van der Waals surface area contributed by atoms with Crippen molar-refractivity contribution >= 4 is 17.2 Å². The highest BCUT2D eigenvalue weighted by atomic mass is 32.1. The van der Waals surface area contributed by atoms with Crippen LogP contribution in [0, 0.1) is 5.92 Å². The first-order valence-electron chi connectivity index (χ1n) is 5.93. The molecular formula is C13H21NO2S. The Labute approximate surface area is 107 Å². The van der Waals surface area contributed by atoms with Gasteiger partial charge >= 0.3 is 0 Å². The Morgan fingerprint density at radius 1 is 1.59 bits per heavy atom. The van der Waals surface area contributed by atoms with E-state index in [4.69, 9.17) is 0 Å². The Kier molecular flexibility index (Phi) is 5.15. The summed E-state index contributed by atoms with van der Waals surface area (Å²) >= 11 is 1.54. The minimum absolute atomic E-state index is 0.00852. The summed E-state index contributed by atoms with van der Waals surface area (Å²) in [4.78, 5) is 11.5. The number of carbonyl (C=O) groups excluding carboxylic acids is 1. The molecule has 1 amide bonds. The molecule has 0 fully saturated rings. The summed E-state index contributed by atoms with van der Waals surface area (Å²) in [7, 11) is 0. The quantitative estimate of drug-likeness (QED) is 0.820. The topological polar surface area (TPSA) is 49.3 Å². The molecule has 3 nitrogen and oxygen atoms in total. The molecule has 17 heavy (non-hydrogen) atoms. The second-order valence-electron chi connectivity index (χ2n) is 5.00. The molecule has 1 unspecified atom stereocenters. The van der Waals surface area contributed by atoms with Gasteiger partial charge in [-0.1, -0.05) is 13.8 Å². The highest BCUT2D eigenvalue weighted by Gasteiger charge is 2.23. The Morgan fingerprint density at radius 3 is 2.82 bits per heavy atom. The number of thiophene rings is 1. The van der Waals surface area contributed by atoms with E-state index in [0.717, 1.165) is 12.0 Å². The predicted molar refractivity (Wildman–Crippen MR) is 71.0 cm³/mol. The van der Waals surface area contributed by atoms with Crippen LogP contribution in [0.2, 0.25) is 0 Å². The summed E-state index contributed by atoms with van der Waals surface area (Å²) < 4.78 is 0. The second-order valence-corrected chi connectivity index (χ2v) is 5.78. The number of nitrogens with one attached hydrogen (secondary N) is 1. The molecule has 1 heterocycles. The SMILES string of the molecule is CC(C)CCC(=O)NCC(C)(O)c1ccsc1. The Balaban J connectivity index is 2.37. The van der Waals surface area contributed by atoms with E-state index in [-0.39, 0.29) is 12.5 Å². The van der Waals surface area contributed by atoms with Crippen molar-refractivity contribution in [1.29, 1.82) is 0 Å². The van der Waals surface area contributed by atoms with Gasteiger partial charge in [-0.15, -0.1) is 0 Å². The predicted octanol–water partition coefficient (Wildman–Crippen LogP) is 2.51. The average molecular weight is 255 g/mol. The lowest BCUT2D eigenvalue weighted by molar-refractivity contribution is -0.122. The largest absolute Gasteiger partial charge is 0.384 e. The van der Waals surface area contributed by atoms with Crippen LogP contribution in [0.5, 0.6) is 0 Å². The molecular weight excluding hydrogens is 234 g/mol. The number of rotatable bonds is 6.